The Morgan fingerprint density at radius 2 is 2.00 bits per heavy atom. The van der Waals surface area contributed by atoms with Gasteiger partial charge in [-0.3, -0.25) is 4.79 Å². The maximum absolute atomic E-state index is 10.8. The number of rotatable bonds is 3. The predicted octanol–water partition coefficient (Wildman–Crippen LogP) is 0.749. The minimum absolute atomic E-state index is 0.370. The van der Waals surface area contributed by atoms with Crippen LogP contribution in [0.1, 0.15) is 18.5 Å². The highest BCUT2D eigenvalue weighted by Gasteiger charge is 2.19. The first-order valence-electron chi connectivity index (χ1n) is 4.07. The van der Waals surface area contributed by atoms with Crippen LogP contribution in [-0.2, 0) is 9.59 Å². The first-order chi connectivity index (χ1) is 6.61. The highest BCUT2D eigenvalue weighted by Crippen LogP contribution is 2.11. The molecule has 2 N–H and O–H groups in total. The van der Waals surface area contributed by atoms with E-state index in [1.54, 1.807) is 24.3 Å². The normalized spacial score (nSPS) is 11.8. The first-order valence-corrected chi connectivity index (χ1v) is 4.07. The summed E-state index contributed by atoms with van der Waals surface area (Å²) in [6.07, 6.45) is 0. The van der Waals surface area contributed by atoms with E-state index in [1.165, 1.54) is 6.92 Å². The molecule has 0 heterocycles. The number of aliphatic carboxylic acids is 1. The van der Waals surface area contributed by atoms with E-state index in [0.29, 0.717) is 5.56 Å². The standard InChI is InChI=1S/C10H10NO3/c1-7(12)11-9(10(13)14)8-5-3-2-4-6-8/h3-6,9H,1H3,(H,11,12)(H,13,14). The van der Waals surface area contributed by atoms with Crippen molar-refractivity contribution in [3.8, 4) is 0 Å². The van der Waals surface area contributed by atoms with Gasteiger partial charge in [-0.05, 0) is 11.6 Å². The van der Waals surface area contributed by atoms with Crippen LogP contribution >= 0.6 is 0 Å². The number of carbonyl (C=O) groups excluding carboxylic acids is 1. The van der Waals surface area contributed by atoms with Crippen molar-refractivity contribution in [3.05, 3.63) is 35.9 Å². The lowest BCUT2D eigenvalue weighted by molar-refractivity contribution is -0.141. The lowest BCUT2D eigenvalue weighted by atomic mass is 10.1. The van der Waals surface area contributed by atoms with E-state index in [2.05, 4.69) is 11.4 Å². The monoisotopic (exact) mass is 192 g/mol. The van der Waals surface area contributed by atoms with Crippen LogP contribution in [0.25, 0.3) is 0 Å². The van der Waals surface area contributed by atoms with Crippen molar-refractivity contribution < 1.29 is 14.7 Å². The van der Waals surface area contributed by atoms with Gasteiger partial charge < -0.3 is 10.4 Å². The van der Waals surface area contributed by atoms with E-state index in [4.69, 9.17) is 5.11 Å². The molecule has 1 radical (unpaired) electrons. The Morgan fingerprint density at radius 1 is 1.43 bits per heavy atom. The van der Waals surface area contributed by atoms with Crippen molar-refractivity contribution in [3.63, 3.8) is 0 Å². The molecular formula is C10H10NO3. The van der Waals surface area contributed by atoms with Gasteiger partial charge in [0.2, 0.25) is 5.91 Å². The van der Waals surface area contributed by atoms with E-state index in [1.807, 2.05) is 0 Å². The average Bonchev–Trinajstić information content (AvgIpc) is 2.15. The number of carboxylic acids is 1. The van der Waals surface area contributed by atoms with Gasteiger partial charge in [0, 0.05) is 6.92 Å². The van der Waals surface area contributed by atoms with Crippen molar-refractivity contribution in [1.29, 1.82) is 0 Å². The molecule has 73 valence electrons. The molecule has 0 fully saturated rings. The first kappa shape index (κ1) is 10.2. The van der Waals surface area contributed by atoms with Crippen molar-refractivity contribution in [1.82, 2.24) is 5.32 Å². The number of benzene rings is 1. The smallest absolute Gasteiger partial charge is 0.330 e. The van der Waals surface area contributed by atoms with E-state index in [9.17, 15) is 9.59 Å². The molecule has 1 aromatic rings. The van der Waals surface area contributed by atoms with Crippen molar-refractivity contribution in [2.75, 3.05) is 0 Å². The van der Waals surface area contributed by atoms with Gasteiger partial charge in [-0.2, -0.15) is 0 Å². The van der Waals surface area contributed by atoms with Crippen molar-refractivity contribution >= 4 is 11.9 Å². The zero-order valence-electron chi connectivity index (χ0n) is 7.65. The SMILES string of the molecule is CC(=O)NC(C(=O)O)c1cc[c]cc1. The van der Waals surface area contributed by atoms with Gasteiger partial charge >= 0.3 is 5.97 Å². The fourth-order valence-electron chi connectivity index (χ4n) is 1.08. The lowest BCUT2D eigenvalue weighted by Gasteiger charge is -2.12. The van der Waals surface area contributed by atoms with Crippen molar-refractivity contribution in [2.24, 2.45) is 0 Å². The molecule has 14 heavy (non-hydrogen) atoms. The molecule has 1 unspecified atom stereocenters. The Kier molecular flexibility index (Phi) is 3.23. The summed E-state index contributed by atoms with van der Waals surface area (Å²) in [5.74, 6) is -1.45. The zero-order valence-corrected chi connectivity index (χ0v) is 7.65. The summed E-state index contributed by atoms with van der Waals surface area (Å²) in [5.41, 5.74) is 0.534. The highest BCUT2D eigenvalue weighted by atomic mass is 16.4. The van der Waals surface area contributed by atoms with Crippen LogP contribution in [0, 0.1) is 6.07 Å². The molecule has 0 bridgehead atoms. The molecule has 0 aliphatic carbocycles. The molecule has 1 rings (SSSR count). The summed E-state index contributed by atoms with van der Waals surface area (Å²) >= 11 is 0. The summed E-state index contributed by atoms with van der Waals surface area (Å²) in [6.45, 7) is 1.28. The minimum atomic E-state index is -1.08. The van der Waals surface area contributed by atoms with Crippen LogP contribution in [-0.4, -0.2) is 17.0 Å². The van der Waals surface area contributed by atoms with Crippen LogP contribution in [0.3, 0.4) is 0 Å². The summed E-state index contributed by atoms with van der Waals surface area (Å²) in [6, 6.07) is 8.21. The molecule has 1 atom stereocenters. The molecule has 1 aromatic carbocycles. The fourth-order valence-corrected chi connectivity index (χ4v) is 1.08. The largest absolute Gasteiger partial charge is 0.479 e. The third-order valence-electron chi connectivity index (χ3n) is 1.67. The van der Waals surface area contributed by atoms with E-state index in [-0.39, 0.29) is 5.91 Å². The maximum Gasteiger partial charge on any atom is 0.330 e. The molecule has 0 aliphatic heterocycles. The second-order valence-electron chi connectivity index (χ2n) is 2.81. The fraction of sp³-hybridized carbons (Fsp3) is 0.200. The Hall–Kier alpha value is -1.84. The van der Waals surface area contributed by atoms with Gasteiger partial charge in [-0.25, -0.2) is 4.79 Å². The van der Waals surface area contributed by atoms with Gasteiger partial charge in [0.05, 0.1) is 0 Å². The van der Waals surface area contributed by atoms with E-state index in [0.717, 1.165) is 0 Å². The number of hydrogen-bond donors (Lipinski definition) is 2. The Labute approximate surface area is 81.6 Å². The van der Waals surface area contributed by atoms with Gasteiger partial charge in [-0.1, -0.05) is 24.3 Å². The van der Waals surface area contributed by atoms with Gasteiger partial charge in [-0.15, -0.1) is 0 Å². The predicted molar refractivity (Wildman–Crippen MR) is 49.5 cm³/mol. The lowest BCUT2D eigenvalue weighted by Crippen LogP contribution is -2.31. The summed E-state index contributed by atoms with van der Waals surface area (Å²) in [4.78, 5) is 21.6. The number of amides is 1. The van der Waals surface area contributed by atoms with Crippen molar-refractivity contribution in [2.45, 2.75) is 13.0 Å². The third kappa shape index (κ3) is 2.58. The molecular weight excluding hydrogens is 182 g/mol. The molecule has 0 saturated carbocycles. The van der Waals surface area contributed by atoms with E-state index < -0.39 is 12.0 Å². The molecule has 1 amide bonds. The van der Waals surface area contributed by atoms with Crippen LogP contribution in [0.15, 0.2) is 24.3 Å². The second-order valence-corrected chi connectivity index (χ2v) is 2.81. The van der Waals surface area contributed by atoms with Crippen LogP contribution in [0.4, 0.5) is 0 Å². The number of carbonyl (C=O) groups is 2. The molecule has 0 spiro atoms. The third-order valence-corrected chi connectivity index (χ3v) is 1.67. The summed E-state index contributed by atoms with van der Waals surface area (Å²) < 4.78 is 0. The Balaban J connectivity index is 2.89. The maximum atomic E-state index is 10.8. The Morgan fingerprint density at radius 3 is 2.43 bits per heavy atom. The highest BCUT2D eigenvalue weighted by molar-refractivity contribution is 5.83. The molecule has 0 saturated heterocycles. The van der Waals surface area contributed by atoms with E-state index >= 15 is 0 Å². The molecule has 0 aromatic heterocycles. The Bertz CT molecular complexity index is 334. The molecule has 4 heteroatoms. The number of carboxylic acid groups (broad SMARTS) is 1. The number of hydrogen-bond acceptors (Lipinski definition) is 2. The topological polar surface area (TPSA) is 66.4 Å². The van der Waals surface area contributed by atoms with Gasteiger partial charge in [0.1, 0.15) is 0 Å². The summed E-state index contributed by atoms with van der Waals surface area (Å²) in [7, 11) is 0. The number of nitrogens with one attached hydrogen (secondary N) is 1. The second kappa shape index (κ2) is 4.41. The van der Waals surface area contributed by atoms with Gasteiger partial charge in [0.25, 0.3) is 0 Å². The van der Waals surface area contributed by atoms with Crippen LogP contribution in [0.2, 0.25) is 0 Å². The van der Waals surface area contributed by atoms with Gasteiger partial charge in [0.15, 0.2) is 6.04 Å². The summed E-state index contributed by atoms with van der Waals surface area (Å²) in [5, 5.41) is 11.2. The van der Waals surface area contributed by atoms with Crippen LogP contribution < -0.4 is 5.32 Å². The quantitative estimate of drug-likeness (QED) is 0.742. The van der Waals surface area contributed by atoms with Crippen LogP contribution in [0.5, 0.6) is 0 Å². The molecule has 4 nitrogen and oxygen atoms in total. The molecule has 0 aliphatic rings. The average molecular weight is 192 g/mol. The zero-order chi connectivity index (χ0) is 10.6. The minimum Gasteiger partial charge on any atom is -0.479 e.